The van der Waals surface area contributed by atoms with E-state index in [9.17, 15) is 13.2 Å². The summed E-state index contributed by atoms with van der Waals surface area (Å²) in [6, 6.07) is 6.90. The van der Waals surface area contributed by atoms with Crippen LogP contribution in [-0.2, 0) is 22.3 Å². The first kappa shape index (κ1) is 16.5. The van der Waals surface area contributed by atoms with Crippen LogP contribution < -0.4 is 15.4 Å². The lowest BCUT2D eigenvalue weighted by atomic mass is 10.1. The third-order valence-electron chi connectivity index (χ3n) is 2.68. The molecule has 1 aromatic rings. The van der Waals surface area contributed by atoms with Crippen molar-refractivity contribution in [3.63, 3.8) is 0 Å². The third-order valence-corrected chi connectivity index (χ3v) is 4.01. The van der Waals surface area contributed by atoms with Crippen molar-refractivity contribution in [3.8, 4) is 0 Å². The van der Waals surface area contributed by atoms with E-state index in [0.29, 0.717) is 18.7 Å². The summed E-state index contributed by atoms with van der Waals surface area (Å²) in [7, 11) is -1.86. The quantitative estimate of drug-likeness (QED) is 0.700. The molecule has 0 spiro atoms. The van der Waals surface area contributed by atoms with Crippen LogP contribution in [0.15, 0.2) is 24.3 Å². The van der Waals surface area contributed by atoms with Gasteiger partial charge in [0.05, 0.1) is 5.75 Å². The van der Waals surface area contributed by atoms with Crippen molar-refractivity contribution in [2.45, 2.75) is 25.6 Å². The molecule has 1 aromatic carbocycles. The lowest BCUT2D eigenvalue weighted by molar-refractivity contribution is 0.240. The number of sulfonamides is 1. The first-order valence-electron chi connectivity index (χ1n) is 6.47. The van der Waals surface area contributed by atoms with Crippen LogP contribution in [0.4, 0.5) is 4.79 Å². The summed E-state index contributed by atoms with van der Waals surface area (Å²) in [6.45, 7) is 3.04. The smallest absolute Gasteiger partial charge is 0.315 e. The first-order chi connectivity index (χ1) is 9.46. The molecule has 0 fully saturated rings. The topological polar surface area (TPSA) is 87.3 Å². The number of benzene rings is 1. The summed E-state index contributed by atoms with van der Waals surface area (Å²) in [5, 5.41) is 5.45. The molecule has 0 saturated heterocycles. The van der Waals surface area contributed by atoms with Crippen LogP contribution in [0, 0.1) is 0 Å². The molecule has 0 unspecified atom stereocenters. The van der Waals surface area contributed by atoms with Gasteiger partial charge in [-0.05, 0) is 24.6 Å². The molecule has 6 nitrogen and oxygen atoms in total. The minimum atomic E-state index is -3.25. The van der Waals surface area contributed by atoms with Crippen molar-refractivity contribution in [3.05, 3.63) is 35.4 Å². The van der Waals surface area contributed by atoms with Gasteiger partial charge in [0.15, 0.2) is 0 Å². The molecule has 0 saturated carbocycles. The second-order valence-electron chi connectivity index (χ2n) is 4.39. The average molecular weight is 299 g/mol. The molecule has 0 atom stereocenters. The molecular formula is C13H21N3O3S. The molecule has 0 aromatic heterocycles. The van der Waals surface area contributed by atoms with Gasteiger partial charge >= 0.3 is 6.03 Å². The van der Waals surface area contributed by atoms with Gasteiger partial charge in [0, 0.05) is 13.1 Å². The summed E-state index contributed by atoms with van der Waals surface area (Å²) in [5.74, 6) is -0.0474. The Labute approximate surface area is 120 Å². The molecule has 0 aliphatic rings. The lowest BCUT2D eigenvalue weighted by Gasteiger charge is -2.08. The molecule has 3 N–H and O–H groups in total. The Morgan fingerprint density at radius 1 is 1.10 bits per heavy atom. The van der Waals surface area contributed by atoms with Crippen molar-refractivity contribution < 1.29 is 13.2 Å². The van der Waals surface area contributed by atoms with Crippen LogP contribution in [0.2, 0.25) is 0 Å². The fourth-order valence-electron chi connectivity index (χ4n) is 1.53. The highest BCUT2D eigenvalue weighted by Crippen LogP contribution is 2.07. The summed E-state index contributed by atoms with van der Waals surface area (Å²) in [4.78, 5) is 11.4. The molecule has 7 heteroatoms. The largest absolute Gasteiger partial charge is 0.338 e. The van der Waals surface area contributed by atoms with Gasteiger partial charge in [0.25, 0.3) is 0 Å². The number of urea groups is 1. The molecule has 112 valence electrons. The SMILES string of the molecule is CCCNC(=O)NCc1ccc(CS(=O)(=O)NC)cc1. The van der Waals surface area contributed by atoms with Gasteiger partial charge in [-0.1, -0.05) is 31.2 Å². The predicted molar refractivity (Wildman–Crippen MR) is 78.7 cm³/mol. The Bertz CT molecular complexity index is 526. The van der Waals surface area contributed by atoms with Crippen LogP contribution in [0.3, 0.4) is 0 Å². The van der Waals surface area contributed by atoms with Crippen LogP contribution in [0.25, 0.3) is 0 Å². The van der Waals surface area contributed by atoms with E-state index in [2.05, 4.69) is 15.4 Å². The predicted octanol–water partition coefficient (Wildman–Crippen LogP) is 0.945. The standard InChI is InChI=1S/C13H21N3O3S/c1-3-8-15-13(17)16-9-11-4-6-12(7-5-11)10-20(18,19)14-2/h4-7,14H,3,8-10H2,1-2H3,(H2,15,16,17). The maximum atomic E-state index is 11.4. The first-order valence-corrected chi connectivity index (χ1v) is 8.13. The number of nitrogens with one attached hydrogen (secondary N) is 3. The zero-order valence-electron chi connectivity index (χ0n) is 11.8. The second kappa shape index (κ2) is 7.86. The summed E-state index contributed by atoms with van der Waals surface area (Å²) in [6.07, 6.45) is 0.891. The van der Waals surface area contributed by atoms with Crippen LogP contribution in [0.5, 0.6) is 0 Å². The van der Waals surface area contributed by atoms with Crippen LogP contribution in [-0.4, -0.2) is 28.0 Å². The zero-order chi connectivity index (χ0) is 15.0. The fourth-order valence-corrected chi connectivity index (χ4v) is 2.30. The van der Waals surface area contributed by atoms with Crippen LogP contribution >= 0.6 is 0 Å². The Morgan fingerprint density at radius 2 is 1.70 bits per heavy atom. The van der Waals surface area contributed by atoms with Gasteiger partial charge in [-0.25, -0.2) is 17.9 Å². The Morgan fingerprint density at radius 3 is 2.25 bits per heavy atom. The maximum Gasteiger partial charge on any atom is 0.315 e. The van der Waals surface area contributed by atoms with E-state index in [-0.39, 0.29) is 11.8 Å². The Balaban J connectivity index is 2.49. The molecule has 0 aliphatic heterocycles. The van der Waals surface area contributed by atoms with E-state index in [4.69, 9.17) is 0 Å². The molecule has 20 heavy (non-hydrogen) atoms. The Hall–Kier alpha value is -1.60. The van der Waals surface area contributed by atoms with E-state index < -0.39 is 10.0 Å². The summed E-state index contributed by atoms with van der Waals surface area (Å²) >= 11 is 0. The molecule has 0 heterocycles. The number of amides is 2. The number of hydrogen-bond donors (Lipinski definition) is 3. The monoisotopic (exact) mass is 299 g/mol. The van der Waals surface area contributed by atoms with Gasteiger partial charge in [-0.15, -0.1) is 0 Å². The summed E-state index contributed by atoms with van der Waals surface area (Å²) < 4.78 is 25.1. The zero-order valence-corrected chi connectivity index (χ0v) is 12.6. The minimum absolute atomic E-state index is 0.0474. The van der Waals surface area contributed by atoms with Gasteiger partial charge in [0.1, 0.15) is 0 Å². The maximum absolute atomic E-state index is 11.4. The highest BCUT2D eigenvalue weighted by atomic mass is 32.2. The van der Waals surface area contributed by atoms with Gasteiger partial charge in [0.2, 0.25) is 10.0 Å². The van der Waals surface area contributed by atoms with Crippen molar-refractivity contribution in [1.29, 1.82) is 0 Å². The molecule has 0 bridgehead atoms. The molecule has 0 aliphatic carbocycles. The van der Waals surface area contributed by atoms with E-state index in [0.717, 1.165) is 12.0 Å². The van der Waals surface area contributed by atoms with E-state index in [1.807, 2.05) is 6.92 Å². The van der Waals surface area contributed by atoms with Crippen molar-refractivity contribution >= 4 is 16.1 Å². The number of hydrogen-bond acceptors (Lipinski definition) is 3. The molecular weight excluding hydrogens is 278 g/mol. The highest BCUT2D eigenvalue weighted by molar-refractivity contribution is 7.88. The highest BCUT2D eigenvalue weighted by Gasteiger charge is 2.08. The van der Waals surface area contributed by atoms with E-state index >= 15 is 0 Å². The van der Waals surface area contributed by atoms with Crippen molar-refractivity contribution in [2.24, 2.45) is 0 Å². The number of carbonyl (C=O) groups excluding carboxylic acids is 1. The molecule has 0 radical (unpaired) electrons. The average Bonchev–Trinajstić information content (AvgIpc) is 2.44. The minimum Gasteiger partial charge on any atom is -0.338 e. The van der Waals surface area contributed by atoms with Crippen molar-refractivity contribution in [1.82, 2.24) is 15.4 Å². The van der Waals surface area contributed by atoms with Crippen LogP contribution in [0.1, 0.15) is 24.5 Å². The third kappa shape index (κ3) is 6.03. The molecule has 1 rings (SSSR count). The van der Waals surface area contributed by atoms with E-state index in [1.165, 1.54) is 7.05 Å². The fraction of sp³-hybridized carbons (Fsp3) is 0.462. The van der Waals surface area contributed by atoms with Gasteiger partial charge < -0.3 is 10.6 Å². The van der Waals surface area contributed by atoms with E-state index in [1.54, 1.807) is 24.3 Å². The Kier molecular flexibility index (Phi) is 6.47. The second-order valence-corrected chi connectivity index (χ2v) is 6.32. The van der Waals surface area contributed by atoms with Gasteiger partial charge in [-0.2, -0.15) is 0 Å². The number of carbonyl (C=O) groups is 1. The molecule has 2 amide bonds. The van der Waals surface area contributed by atoms with Gasteiger partial charge in [-0.3, -0.25) is 0 Å². The lowest BCUT2D eigenvalue weighted by Crippen LogP contribution is -2.35. The normalized spacial score (nSPS) is 11.1. The number of rotatable bonds is 7. The van der Waals surface area contributed by atoms with Crippen molar-refractivity contribution in [2.75, 3.05) is 13.6 Å². The summed E-state index contributed by atoms with van der Waals surface area (Å²) in [5.41, 5.74) is 1.63.